The maximum Gasteiger partial charge on any atom is 0.282 e. The molecule has 26 heavy (non-hydrogen) atoms. The van der Waals surface area contributed by atoms with E-state index in [1.807, 2.05) is 0 Å². The first kappa shape index (κ1) is 18.3. The number of carbonyl (C=O) groups is 2. The van der Waals surface area contributed by atoms with Crippen molar-refractivity contribution in [2.24, 2.45) is 0 Å². The van der Waals surface area contributed by atoms with Crippen LogP contribution in [-0.4, -0.2) is 42.0 Å². The Morgan fingerprint density at radius 2 is 1.65 bits per heavy atom. The summed E-state index contributed by atoms with van der Waals surface area (Å²) >= 11 is 3.32. The first-order chi connectivity index (χ1) is 12.4. The van der Waals surface area contributed by atoms with Crippen LogP contribution in [0.15, 0.2) is 58.7 Å². The van der Waals surface area contributed by atoms with Crippen LogP contribution in [0.1, 0.15) is 5.56 Å². The number of hydrogen-bond acceptors (Lipinski definition) is 4. The standard InChI is InChI=1S/C19H16BrFN2O3/c1-22(10-11-24)17-16(12-2-6-14(21)7-3-12)18(25)23(19(17)26)15-8-4-13(20)5-9-15/h2-9,24H,10-11H2,1H3. The van der Waals surface area contributed by atoms with Crippen LogP contribution in [0.4, 0.5) is 10.1 Å². The zero-order valence-corrected chi connectivity index (χ0v) is 15.5. The monoisotopic (exact) mass is 418 g/mol. The number of halogens is 2. The first-order valence-corrected chi connectivity index (χ1v) is 8.70. The molecule has 0 saturated carbocycles. The van der Waals surface area contributed by atoms with Crippen LogP contribution in [0.25, 0.3) is 5.57 Å². The Labute approximate surface area is 158 Å². The van der Waals surface area contributed by atoms with Gasteiger partial charge in [0.2, 0.25) is 0 Å². The van der Waals surface area contributed by atoms with Gasteiger partial charge >= 0.3 is 0 Å². The molecule has 7 heteroatoms. The molecule has 0 atom stereocenters. The number of amides is 2. The molecule has 1 heterocycles. The fraction of sp³-hybridized carbons (Fsp3) is 0.158. The molecule has 1 aliphatic rings. The van der Waals surface area contributed by atoms with Gasteiger partial charge in [-0.3, -0.25) is 9.59 Å². The van der Waals surface area contributed by atoms with Crippen molar-refractivity contribution in [3.63, 3.8) is 0 Å². The molecule has 2 aromatic rings. The lowest BCUT2D eigenvalue weighted by molar-refractivity contribution is -0.120. The molecule has 0 spiro atoms. The highest BCUT2D eigenvalue weighted by molar-refractivity contribution is 9.10. The maximum absolute atomic E-state index is 13.3. The summed E-state index contributed by atoms with van der Waals surface area (Å²) in [6.07, 6.45) is 0. The van der Waals surface area contributed by atoms with Crippen LogP contribution >= 0.6 is 15.9 Å². The van der Waals surface area contributed by atoms with Crippen molar-refractivity contribution >= 4 is 39.0 Å². The molecule has 0 fully saturated rings. The van der Waals surface area contributed by atoms with Gasteiger partial charge in [-0.15, -0.1) is 0 Å². The van der Waals surface area contributed by atoms with Crippen molar-refractivity contribution < 1.29 is 19.1 Å². The SMILES string of the molecule is CN(CCO)C1=C(c2ccc(F)cc2)C(=O)N(c2ccc(Br)cc2)C1=O. The number of benzene rings is 2. The number of imide groups is 1. The molecule has 2 aromatic carbocycles. The van der Waals surface area contributed by atoms with E-state index in [1.54, 1.807) is 31.3 Å². The van der Waals surface area contributed by atoms with Crippen molar-refractivity contribution in [2.75, 3.05) is 25.1 Å². The minimum atomic E-state index is -0.483. The molecule has 5 nitrogen and oxygen atoms in total. The maximum atomic E-state index is 13.3. The number of nitrogens with zero attached hydrogens (tertiary/aromatic N) is 2. The summed E-state index contributed by atoms with van der Waals surface area (Å²) in [7, 11) is 1.63. The van der Waals surface area contributed by atoms with Crippen molar-refractivity contribution in [2.45, 2.75) is 0 Å². The predicted octanol–water partition coefficient (Wildman–Crippen LogP) is 2.80. The van der Waals surface area contributed by atoms with Gasteiger partial charge in [0, 0.05) is 18.1 Å². The van der Waals surface area contributed by atoms with Gasteiger partial charge in [-0.05, 0) is 42.0 Å². The number of anilines is 1. The van der Waals surface area contributed by atoms with E-state index in [2.05, 4.69) is 15.9 Å². The number of hydrogen-bond donors (Lipinski definition) is 1. The van der Waals surface area contributed by atoms with Gasteiger partial charge in [-0.1, -0.05) is 28.1 Å². The van der Waals surface area contributed by atoms with E-state index < -0.39 is 17.6 Å². The minimum Gasteiger partial charge on any atom is -0.395 e. The van der Waals surface area contributed by atoms with Crippen LogP contribution in [0, 0.1) is 5.82 Å². The summed E-state index contributed by atoms with van der Waals surface area (Å²) in [6, 6.07) is 12.2. The summed E-state index contributed by atoms with van der Waals surface area (Å²) in [5, 5.41) is 9.23. The molecule has 2 amide bonds. The average Bonchev–Trinajstić information content (AvgIpc) is 2.88. The zero-order valence-electron chi connectivity index (χ0n) is 13.9. The summed E-state index contributed by atoms with van der Waals surface area (Å²) in [4.78, 5) is 28.7. The molecule has 0 aromatic heterocycles. The predicted molar refractivity (Wildman–Crippen MR) is 99.7 cm³/mol. The van der Waals surface area contributed by atoms with Crippen LogP contribution in [0.3, 0.4) is 0 Å². The first-order valence-electron chi connectivity index (χ1n) is 7.90. The summed E-state index contributed by atoms with van der Waals surface area (Å²) in [5.41, 5.74) is 1.26. The molecule has 0 radical (unpaired) electrons. The molecule has 0 saturated heterocycles. The van der Waals surface area contributed by atoms with Gasteiger partial charge in [-0.2, -0.15) is 0 Å². The lowest BCUT2D eigenvalue weighted by Gasteiger charge is -2.20. The average molecular weight is 419 g/mol. The summed E-state index contributed by atoms with van der Waals surface area (Å²) in [6.45, 7) is 0.0175. The van der Waals surface area contributed by atoms with Gasteiger partial charge in [0.1, 0.15) is 11.5 Å². The lowest BCUT2D eigenvalue weighted by atomic mass is 10.0. The van der Waals surface area contributed by atoms with Crippen LogP contribution < -0.4 is 4.90 Å². The van der Waals surface area contributed by atoms with E-state index in [0.717, 1.165) is 9.37 Å². The van der Waals surface area contributed by atoms with Gasteiger partial charge in [-0.25, -0.2) is 9.29 Å². The van der Waals surface area contributed by atoms with Crippen LogP contribution in [0.2, 0.25) is 0 Å². The molecule has 0 bridgehead atoms. The van der Waals surface area contributed by atoms with Gasteiger partial charge in [0.05, 0.1) is 17.9 Å². The summed E-state index contributed by atoms with van der Waals surface area (Å²) < 4.78 is 14.1. The molecule has 3 rings (SSSR count). The largest absolute Gasteiger partial charge is 0.395 e. The molecular weight excluding hydrogens is 403 g/mol. The van der Waals surface area contributed by atoms with Crippen molar-refractivity contribution in [1.82, 2.24) is 4.90 Å². The quantitative estimate of drug-likeness (QED) is 0.758. The highest BCUT2D eigenvalue weighted by Crippen LogP contribution is 2.34. The number of rotatable bonds is 5. The smallest absolute Gasteiger partial charge is 0.282 e. The molecule has 0 unspecified atom stereocenters. The fourth-order valence-corrected chi connectivity index (χ4v) is 3.10. The van der Waals surface area contributed by atoms with E-state index in [4.69, 9.17) is 0 Å². The van der Waals surface area contributed by atoms with Crippen LogP contribution in [0.5, 0.6) is 0 Å². The van der Waals surface area contributed by atoms with Gasteiger partial charge < -0.3 is 10.0 Å². The van der Waals surface area contributed by atoms with Crippen LogP contribution in [-0.2, 0) is 9.59 Å². The molecule has 0 aliphatic carbocycles. The Balaban J connectivity index is 2.11. The topological polar surface area (TPSA) is 60.9 Å². The Hall–Kier alpha value is -2.51. The number of carbonyl (C=O) groups excluding carboxylic acids is 2. The van der Waals surface area contributed by atoms with E-state index in [1.165, 1.54) is 29.2 Å². The highest BCUT2D eigenvalue weighted by Gasteiger charge is 2.41. The van der Waals surface area contributed by atoms with E-state index in [9.17, 15) is 19.1 Å². The Kier molecular flexibility index (Phi) is 5.20. The van der Waals surface area contributed by atoms with Crippen molar-refractivity contribution in [3.05, 3.63) is 70.1 Å². The zero-order chi connectivity index (χ0) is 18.8. The summed E-state index contributed by atoms with van der Waals surface area (Å²) in [5.74, 6) is -1.39. The second-order valence-electron chi connectivity index (χ2n) is 5.80. The fourth-order valence-electron chi connectivity index (χ4n) is 2.84. The normalized spacial score (nSPS) is 14.4. The Morgan fingerprint density at radius 3 is 2.23 bits per heavy atom. The highest BCUT2D eigenvalue weighted by atomic mass is 79.9. The Morgan fingerprint density at radius 1 is 1.04 bits per heavy atom. The van der Waals surface area contributed by atoms with Crippen molar-refractivity contribution in [1.29, 1.82) is 0 Å². The molecule has 1 N–H and O–H groups in total. The second kappa shape index (κ2) is 7.39. The third-order valence-electron chi connectivity index (χ3n) is 4.09. The molecule has 134 valence electrons. The third kappa shape index (κ3) is 3.27. The minimum absolute atomic E-state index is 0.170. The lowest BCUT2D eigenvalue weighted by Crippen LogP contribution is -2.34. The molecule has 1 aliphatic heterocycles. The molecular formula is C19H16BrFN2O3. The van der Waals surface area contributed by atoms with E-state index in [-0.39, 0.29) is 24.4 Å². The van der Waals surface area contributed by atoms with E-state index in [0.29, 0.717) is 11.3 Å². The Bertz CT molecular complexity index is 879. The van der Waals surface area contributed by atoms with E-state index >= 15 is 0 Å². The number of aliphatic hydroxyl groups is 1. The third-order valence-corrected chi connectivity index (χ3v) is 4.62. The number of aliphatic hydroxyl groups excluding tert-OH is 1. The number of likely N-dealkylation sites (N-methyl/N-ethyl adjacent to an activating group) is 1. The van der Waals surface area contributed by atoms with Gasteiger partial charge in [0.25, 0.3) is 11.8 Å². The van der Waals surface area contributed by atoms with Crippen molar-refractivity contribution in [3.8, 4) is 0 Å². The van der Waals surface area contributed by atoms with Gasteiger partial charge in [0.15, 0.2) is 0 Å². The second-order valence-corrected chi connectivity index (χ2v) is 6.71.